The SMILES string of the molecule is CCC(NC)C(=O)c1ccc(F)c(C)c1. The third kappa shape index (κ3) is 2.63. The highest BCUT2D eigenvalue weighted by molar-refractivity contribution is 6.00. The maximum atomic E-state index is 13.0. The highest BCUT2D eigenvalue weighted by Gasteiger charge is 2.16. The zero-order chi connectivity index (χ0) is 11.4. The summed E-state index contributed by atoms with van der Waals surface area (Å²) < 4.78 is 13.0. The Balaban J connectivity index is 2.96. The monoisotopic (exact) mass is 209 g/mol. The van der Waals surface area contributed by atoms with Crippen LogP contribution in [0, 0.1) is 12.7 Å². The molecule has 1 unspecified atom stereocenters. The van der Waals surface area contributed by atoms with Crippen molar-refractivity contribution < 1.29 is 9.18 Å². The van der Waals surface area contributed by atoms with E-state index in [2.05, 4.69) is 5.32 Å². The van der Waals surface area contributed by atoms with E-state index in [-0.39, 0.29) is 17.6 Å². The average molecular weight is 209 g/mol. The molecule has 0 heterocycles. The standard InChI is InChI=1S/C12H16FNO/c1-4-11(14-3)12(15)9-5-6-10(13)8(2)7-9/h5-7,11,14H,4H2,1-3H3. The van der Waals surface area contributed by atoms with Gasteiger partial charge < -0.3 is 5.32 Å². The van der Waals surface area contributed by atoms with Crippen molar-refractivity contribution >= 4 is 5.78 Å². The number of rotatable bonds is 4. The van der Waals surface area contributed by atoms with Crippen LogP contribution in [0.2, 0.25) is 0 Å². The smallest absolute Gasteiger partial charge is 0.179 e. The van der Waals surface area contributed by atoms with Crippen LogP contribution in [0.4, 0.5) is 4.39 Å². The van der Waals surface area contributed by atoms with E-state index in [0.717, 1.165) is 6.42 Å². The van der Waals surface area contributed by atoms with Crippen molar-refractivity contribution in [3.63, 3.8) is 0 Å². The zero-order valence-corrected chi connectivity index (χ0v) is 9.30. The van der Waals surface area contributed by atoms with Crippen molar-refractivity contribution in [2.24, 2.45) is 0 Å². The number of nitrogens with one attached hydrogen (secondary N) is 1. The molecule has 15 heavy (non-hydrogen) atoms. The van der Waals surface area contributed by atoms with Crippen LogP contribution in [0.3, 0.4) is 0 Å². The first kappa shape index (κ1) is 11.9. The van der Waals surface area contributed by atoms with Crippen molar-refractivity contribution in [3.8, 4) is 0 Å². The van der Waals surface area contributed by atoms with E-state index >= 15 is 0 Å². The summed E-state index contributed by atoms with van der Waals surface area (Å²) in [4.78, 5) is 11.9. The minimum absolute atomic E-state index is 0.0168. The fourth-order valence-electron chi connectivity index (χ4n) is 1.52. The van der Waals surface area contributed by atoms with Gasteiger partial charge in [0, 0.05) is 5.56 Å². The van der Waals surface area contributed by atoms with Crippen molar-refractivity contribution in [1.29, 1.82) is 0 Å². The molecule has 0 radical (unpaired) electrons. The second kappa shape index (κ2) is 5.03. The molecule has 1 aromatic rings. The number of carbonyl (C=O) groups is 1. The normalized spacial score (nSPS) is 12.5. The number of carbonyl (C=O) groups excluding carboxylic acids is 1. The maximum absolute atomic E-state index is 13.0. The Labute approximate surface area is 89.5 Å². The molecule has 82 valence electrons. The van der Waals surface area contributed by atoms with Gasteiger partial charge in [0.1, 0.15) is 5.82 Å². The van der Waals surface area contributed by atoms with E-state index in [1.54, 1.807) is 20.0 Å². The zero-order valence-electron chi connectivity index (χ0n) is 9.30. The first-order valence-corrected chi connectivity index (χ1v) is 5.07. The van der Waals surface area contributed by atoms with E-state index in [9.17, 15) is 9.18 Å². The lowest BCUT2D eigenvalue weighted by atomic mass is 10.0. The van der Waals surface area contributed by atoms with E-state index in [1.807, 2.05) is 6.92 Å². The Hall–Kier alpha value is -1.22. The molecule has 0 amide bonds. The Morgan fingerprint density at radius 2 is 2.20 bits per heavy atom. The predicted molar refractivity (Wildman–Crippen MR) is 58.6 cm³/mol. The number of benzene rings is 1. The lowest BCUT2D eigenvalue weighted by molar-refractivity contribution is 0.0945. The van der Waals surface area contributed by atoms with Crippen LogP contribution in [-0.2, 0) is 0 Å². The van der Waals surface area contributed by atoms with Crippen molar-refractivity contribution in [2.75, 3.05) is 7.05 Å². The second-order valence-corrected chi connectivity index (χ2v) is 3.58. The van der Waals surface area contributed by atoms with Gasteiger partial charge in [-0.15, -0.1) is 0 Å². The molecule has 1 rings (SSSR count). The van der Waals surface area contributed by atoms with Crippen LogP contribution < -0.4 is 5.32 Å². The third-order valence-corrected chi connectivity index (χ3v) is 2.52. The predicted octanol–water partition coefficient (Wildman–Crippen LogP) is 2.31. The molecule has 0 aliphatic heterocycles. The number of hydrogen-bond acceptors (Lipinski definition) is 2. The number of ketones is 1. The summed E-state index contributed by atoms with van der Waals surface area (Å²) >= 11 is 0. The summed E-state index contributed by atoms with van der Waals surface area (Å²) in [6.45, 7) is 3.60. The maximum Gasteiger partial charge on any atom is 0.179 e. The van der Waals surface area contributed by atoms with Gasteiger partial charge in [0.2, 0.25) is 0 Å². The first-order valence-electron chi connectivity index (χ1n) is 5.07. The highest BCUT2D eigenvalue weighted by atomic mass is 19.1. The number of hydrogen-bond donors (Lipinski definition) is 1. The number of likely N-dealkylation sites (N-methyl/N-ethyl adjacent to an activating group) is 1. The van der Waals surface area contributed by atoms with Gasteiger partial charge in [0.25, 0.3) is 0 Å². The van der Waals surface area contributed by atoms with Crippen molar-refractivity contribution in [1.82, 2.24) is 5.32 Å². The van der Waals surface area contributed by atoms with Gasteiger partial charge in [0.05, 0.1) is 6.04 Å². The molecule has 0 saturated heterocycles. The van der Waals surface area contributed by atoms with Crippen LogP contribution in [0.15, 0.2) is 18.2 Å². The van der Waals surface area contributed by atoms with Crippen LogP contribution >= 0.6 is 0 Å². The van der Waals surface area contributed by atoms with E-state index in [1.165, 1.54) is 12.1 Å². The van der Waals surface area contributed by atoms with Crippen LogP contribution in [0.1, 0.15) is 29.3 Å². The lowest BCUT2D eigenvalue weighted by Gasteiger charge is -2.12. The molecule has 0 aliphatic carbocycles. The molecule has 0 saturated carbocycles. The van der Waals surface area contributed by atoms with E-state index in [0.29, 0.717) is 11.1 Å². The number of halogens is 1. The van der Waals surface area contributed by atoms with E-state index < -0.39 is 0 Å². The molecule has 0 aliphatic rings. The van der Waals surface area contributed by atoms with Crippen molar-refractivity contribution in [3.05, 3.63) is 35.1 Å². The van der Waals surface area contributed by atoms with Gasteiger partial charge in [-0.25, -0.2) is 4.39 Å². The number of aryl methyl sites for hydroxylation is 1. The Bertz CT molecular complexity index is 359. The molecule has 0 aromatic heterocycles. The van der Waals surface area contributed by atoms with E-state index in [4.69, 9.17) is 0 Å². The van der Waals surface area contributed by atoms with Gasteiger partial charge in [-0.2, -0.15) is 0 Å². The molecular weight excluding hydrogens is 193 g/mol. The topological polar surface area (TPSA) is 29.1 Å². The molecule has 1 N–H and O–H groups in total. The molecule has 0 spiro atoms. The van der Waals surface area contributed by atoms with Gasteiger partial charge in [-0.1, -0.05) is 6.92 Å². The minimum atomic E-state index is -0.274. The highest BCUT2D eigenvalue weighted by Crippen LogP contribution is 2.12. The molecule has 3 heteroatoms. The Morgan fingerprint density at radius 3 is 2.67 bits per heavy atom. The van der Waals surface area contributed by atoms with Gasteiger partial charge in [-0.3, -0.25) is 4.79 Å². The molecule has 0 fully saturated rings. The van der Waals surface area contributed by atoms with Crippen LogP contribution in [0.5, 0.6) is 0 Å². The summed E-state index contributed by atoms with van der Waals surface area (Å²) in [7, 11) is 1.75. The van der Waals surface area contributed by atoms with Gasteiger partial charge in [0.15, 0.2) is 5.78 Å². The third-order valence-electron chi connectivity index (χ3n) is 2.52. The Morgan fingerprint density at radius 1 is 1.53 bits per heavy atom. The van der Waals surface area contributed by atoms with Crippen LogP contribution in [0.25, 0.3) is 0 Å². The molecule has 1 atom stereocenters. The molecule has 1 aromatic carbocycles. The lowest BCUT2D eigenvalue weighted by Crippen LogP contribution is -2.33. The largest absolute Gasteiger partial charge is 0.310 e. The molecule has 0 bridgehead atoms. The molecule has 2 nitrogen and oxygen atoms in total. The van der Waals surface area contributed by atoms with Gasteiger partial charge >= 0.3 is 0 Å². The average Bonchev–Trinajstić information content (AvgIpc) is 2.23. The summed E-state index contributed by atoms with van der Waals surface area (Å²) in [5.74, 6) is -0.257. The first-order chi connectivity index (χ1) is 7.10. The summed E-state index contributed by atoms with van der Waals surface area (Å²) in [5, 5.41) is 2.94. The van der Waals surface area contributed by atoms with Crippen molar-refractivity contribution in [2.45, 2.75) is 26.3 Å². The fraction of sp³-hybridized carbons (Fsp3) is 0.417. The van der Waals surface area contributed by atoms with Crippen LogP contribution in [-0.4, -0.2) is 18.9 Å². The summed E-state index contributed by atoms with van der Waals surface area (Å²) in [6, 6.07) is 4.28. The Kier molecular flexibility index (Phi) is 3.97. The quantitative estimate of drug-likeness (QED) is 0.771. The number of Topliss-reactive ketones (excluding diaryl/α,β-unsaturated/α-hetero) is 1. The van der Waals surface area contributed by atoms with Gasteiger partial charge in [-0.05, 0) is 44.2 Å². The minimum Gasteiger partial charge on any atom is -0.310 e. The fourth-order valence-corrected chi connectivity index (χ4v) is 1.52. The molecular formula is C12H16FNO. The second-order valence-electron chi connectivity index (χ2n) is 3.58. The summed E-state index contributed by atoms with van der Waals surface area (Å²) in [5.41, 5.74) is 1.07. The summed E-state index contributed by atoms with van der Waals surface area (Å²) in [6.07, 6.45) is 0.728.